The van der Waals surface area contributed by atoms with Gasteiger partial charge in [0.25, 0.3) is 5.91 Å². The Hall–Kier alpha value is -4.20. The molecule has 0 spiro atoms. The number of esters is 1. The molecule has 1 aliphatic rings. The molecule has 0 unspecified atom stereocenters. The van der Waals surface area contributed by atoms with Gasteiger partial charge in [-0.2, -0.15) is 5.26 Å². The largest absolute Gasteiger partial charge is 0.573 e. The second kappa shape index (κ2) is 9.08. The lowest BCUT2D eigenvalue weighted by Crippen LogP contribution is -2.21. The monoisotopic (exact) mass is 434 g/mol. The number of halogens is 3. The van der Waals surface area contributed by atoms with Crippen LogP contribution in [0.4, 0.5) is 18.9 Å². The van der Waals surface area contributed by atoms with E-state index < -0.39 is 30.6 Å². The summed E-state index contributed by atoms with van der Waals surface area (Å²) in [6, 6.07) is 10.9. The summed E-state index contributed by atoms with van der Waals surface area (Å²) >= 11 is 0. The van der Waals surface area contributed by atoms with Crippen molar-refractivity contribution in [3.05, 3.63) is 53.6 Å². The molecule has 0 saturated heterocycles. The number of ether oxygens (including phenoxy) is 4. The molecule has 0 aromatic heterocycles. The third-order valence-corrected chi connectivity index (χ3v) is 3.75. The third kappa shape index (κ3) is 6.14. The normalized spacial score (nSPS) is 12.6. The molecule has 31 heavy (non-hydrogen) atoms. The maximum Gasteiger partial charge on any atom is 0.573 e. The van der Waals surface area contributed by atoms with Gasteiger partial charge in [0, 0.05) is 5.69 Å². The van der Waals surface area contributed by atoms with Crippen molar-refractivity contribution in [3.8, 4) is 23.3 Å². The highest BCUT2D eigenvalue weighted by Crippen LogP contribution is 2.33. The first-order valence-electron chi connectivity index (χ1n) is 8.58. The summed E-state index contributed by atoms with van der Waals surface area (Å²) in [5.41, 5.74) is 0.302. The molecule has 1 heterocycles. The number of fused-ring (bicyclic) bond motifs is 1. The summed E-state index contributed by atoms with van der Waals surface area (Å²) in [5.74, 6) is -1.23. The summed E-state index contributed by atoms with van der Waals surface area (Å²) in [6.07, 6.45) is -3.56. The molecule has 1 amide bonds. The highest BCUT2D eigenvalue weighted by atomic mass is 19.4. The van der Waals surface area contributed by atoms with E-state index in [4.69, 9.17) is 14.2 Å². The van der Waals surface area contributed by atoms with Gasteiger partial charge in [0.15, 0.2) is 18.1 Å². The van der Waals surface area contributed by atoms with Gasteiger partial charge in [-0.15, -0.1) is 13.2 Å². The van der Waals surface area contributed by atoms with E-state index in [1.54, 1.807) is 24.3 Å². The minimum Gasteiger partial charge on any atom is -0.454 e. The van der Waals surface area contributed by atoms with E-state index in [0.717, 1.165) is 12.1 Å². The lowest BCUT2D eigenvalue weighted by atomic mass is 10.1. The van der Waals surface area contributed by atoms with E-state index in [-0.39, 0.29) is 18.1 Å². The molecule has 1 aliphatic heterocycles. The molecule has 3 rings (SSSR count). The fourth-order valence-corrected chi connectivity index (χ4v) is 2.45. The van der Waals surface area contributed by atoms with Crippen molar-refractivity contribution in [2.45, 2.75) is 6.36 Å². The van der Waals surface area contributed by atoms with Crippen molar-refractivity contribution in [2.24, 2.45) is 0 Å². The Bertz CT molecular complexity index is 1060. The van der Waals surface area contributed by atoms with Crippen molar-refractivity contribution < 1.29 is 41.7 Å². The number of carbonyl (C=O) groups is 2. The Balaban J connectivity index is 1.54. The van der Waals surface area contributed by atoms with Gasteiger partial charge in [-0.3, -0.25) is 4.79 Å². The van der Waals surface area contributed by atoms with Crippen molar-refractivity contribution in [3.63, 3.8) is 0 Å². The van der Waals surface area contributed by atoms with Gasteiger partial charge in [0.2, 0.25) is 6.79 Å². The van der Waals surface area contributed by atoms with Crippen LogP contribution >= 0.6 is 0 Å². The lowest BCUT2D eigenvalue weighted by Gasteiger charge is -2.10. The molecule has 1 N–H and O–H groups in total. The number of rotatable bonds is 6. The second-order valence-corrected chi connectivity index (χ2v) is 5.98. The van der Waals surface area contributed by atoms with Crippen LogP contribution in [0.2, 0.25) is 0 Å². The minimum atomic E-state index is -4.83. The molecular formula is C20H13F3N2O6. The number of amides is 1. The summed E-state index contributed by atoms with van der Waals surface area (Å²) in [7, 11) is 0. The van der Waals surface area contributed by atoms with E-state index in [1.807, 2.05) is 0 Å². The fraction of sp³-hybridized carbons (Fsp3) is 0.150. The van der Waals surface area contributed by atoms with Crippen LogP contribution in [0.15, 0.2) is 48.0 Å². The zero-order chi connectivity index (χ0) is 22.4. The van der Waals surface area contributed by atoms with Crippen LogP contribution in [0.5, 0.6) is 17.2 Å². The van der Waals surface area contributed by atoms with Crippen LogP contribution in [0.1, 0.15) is 5.56 Å². The predicted octanol–water partition coefficient (Wildman–Crippen LogP) is 3.40. The van der Waals surface area contributed by atoms with Crippen molar-refractivity contribution in [1.82, 2.24) is 0 Å². The van der Waals surface area contributed by atoms with Crippen LogP contribution in [0.25, 0.3) is 6.08 Å². The molecule has 2 aromatic carbocycles. The second-order valence-electron chi connectivity index (χ2n) is 5.98. The van der Waals surface area contributed by atoms with Crippen molar-refractivity contribution in [2.75, 3.05) is 18.7 Å². The number of anilines is 1. The number of hydrogen-bond donors (Lipinski definition) is 1. The maximum absolute atomic E-state index is 12.1. The van der Waals surface area contributed by atoms with Crippen LogP contribution < -0.4 is 19.5 Å². The topological polar surface area (TPSA) is 107 Å². The summed E-state index contributed by atoms with van der Waals surface area (Å²) in [5, 5.41) is 11.5. The van der Waals surface area contributed by atoms with E-state index in [1.165, 1.54) is 18.2 Å². The Labute approximate surface area is 173 Å². The van der Waals surface area contributed by atoms with Gasteiger partial charge < -0.3 is 24.3 Å². The SMILES string of the molecule is N#C/C(=C/c1ccc2c(c1)OCO2)C(=O)OCC(=O)Nc1ccc(OC(F)(F)F)cc1. The Morgan fingerprint density at radius 1 is 1.13 bits per heavy atom. The Morgan fingerprint density at radius 3 is 2.52 bits per heavy atom. The molecule has 0 aliphatic carbocycles. The van der Waals surface area contributed by atoms with E-state index in [2.05, 4.69) is 10.1 Å². The Morgan fingerprint density at radius 2 is 1.84 bits per heavy atom. The number of nitrogens with one attached hydrogen (secondary N) is 1. The Kier molecular flexibility index (Phi) is 6.30. The number of carbonyl (C=O) groups excluding carboxylic acids is 2. The molecule has 0 atom stereocenters. The molecule has 0 bridgehead atoms. The molecule has 160 valence electrons. The summed E-state index contributed by atoms with van der Waals surface area (Å²) < 4.78 is 55.3. The van der Waals surface area contributed by atoms with Gasteiger partial charge in [-0.1, -0.05) is 6.07 Å². The minimum absolute atomic E-state index is 0.0723. The van der Waals surface area contributed by atoms with Gasteiger partial charge in [0.05, 0.1) is 0 Å². The lowest BCUT2D eigenvalue weighted by molar-refractivity contribution is -0.274. The molecule has 0 saturated carbocycles. The van der Waals surface area contributed by atoms with Crippen LogP contribution in [-0.2, 0) is 14.3 Å². The molecule has 2 aromatic rings. The number of hydrogen-bond acceptors (Lipinski definition) is 7. The zero-order valence-corrected chi connectivity index (χ0v) is 15.6. The molecule has 0 fully saturated rings. The average molecular weight is 434 g/mol. The molecule has 8 nitrogen and oxygen atoms in total. The van der Waals surface area contributed by atoms with Gasteiger partial charge in [-0.25, -0.2) is 4.79 Å². The van der Waals surface area contributed by atoms with Gasteiger partial charge >= 0.3 is 12.3 Å². The van der Waals surface area contributed by atoms with E-state index in [9.17, 15) is 28.0 Å². The smallest absolute Gasteiger partial charge is 0.454 e. The molecule has 0 radical (unpaired) electrons. The number of nitrogens with zero attached hydrogens (tertiary/aromatic N) is 1. The first-order valence-corrected chi connectivity index (χ1v) is 8.58. The van der Waals surface area contributed by atoms with Gasteiger partial charge in [0.1, 0.15) is 17.4 Å². The number of alkyl halides is 3. The van der Waals surface area contributed by atoms with Gasteiger partial charge in [-0.05, 0) is 48.0 Å². The van der Waals surface area contributed by atoms with Crippen LogP contribution in [0.3, 0.4) is 0 Å². The molecule has 11 heteroatoms. The van der Waals surface area contributed by atoms with E-state index in [0.29, 0.717) is 17.1 Å². The van der Waals surface area contributed by atoms with Crippen LogP contribution in [-0.4, -0.2) is 31.6 Å². The first kappa shape index (κ1) is 21.5. The van der Waals surface area contributed by atoms with E-state index >= 15 is 0 Å². The first-order chi connectivity index (χ1) is 14.7. The standard InChI is InChI=1S/C20H13F3N2O6/c21-20(22,23)31-15-4-2-14(3-5-15)25-18(26)10-28-19(27)13(9-24)7-12-1-6-16-17(8-12)30-11-29-16/h1-8H,10-11H2,(H,25,26)/b13-7-. The summed E-state index contributed by atoms with van der Waals surface area (Å²) in [4.78, 5) is 24.0. The number of nitriles is 1. The predicted molar refractivity (Wildman–Crippen MR) is 98.9 cm³/mol. The third-order valence-electron chi connectivity index (χ3n) is 3.75. The van der Waals surface area contributed by atoms with Crippen molar-refractivity contribution >= 4 is 23.6 Å². The zero-order valence-electron chi connectivity index (χ0n) is 15.6. The highest BCUT2D eigenvalue weighted by molar-refractivity contribution is 6.00. The number of benzene rings is 2. The van der Waals surface area contributed by atoms with Crippen molar-refractivity contribution in [1.29, 1.82) is 5.26 Å². The highest BCUT2D eigenvalue weighted by Gasteiger charge is 2.31. The quantitative estimate of drug-likeness (QED) is 0.422. The fourth-order valence-electron chi connectivity index (χ4n) is 2.45. The molecular weight excluding hydrogens is 421 g/mol. The average Bonchev–Trinajstić information content (AvgIpc) is 3.18. The summed E-state index contributed by atoms with van der Waals surface area (Å²) in [6.45, 7) is -0.636. The maximum atomic E-state index is 12.1. The van der Waals surface area contributed by atoms with Crippen LogP contribution in [0, 0.1) is 11.3 Å².